The van der Waals surface area contributed by atoms with Crippen molar-refractivity contribution in [2.24, 2.45) is 5.41 Å². The lowest BCUT2D eigenvalue weighted by Crippen LogP contribution is -2.33. The van der Waals surface area contributed by atoms with Gasteiger partial charge in [0.1, 0.15) is 16.8 Å². The molecule has 6 N–H and O–H groups in total. The van der Waals surface area contributed by atoms with E-state index in [1.54, 1.807) is 0 Å². The van der Waals surface area contributed by atoms with Gasteiger partial charge in [-0.3, -0.25) is 0 Å². The summed E-state index contributed by atoms with van der Waals surface area (Å²) in [5.74, 6) is 0. The number of carbonyl (C=O) groups excluding carboxylic acids is 6. The van der Waals surface area contributed by atoms with Crippen LogP contribution in [0.1, 0.15) is 185 Å². The van der Waals surface area contributed by atoms with Gasteiger partial charge in [0.25, 0.3) is 0 Å². The highest BCUT2D eigenvalue weighted by Gasteiger charge is 2.24. The highest BCUT2D eigenvalue weighted by Crippen LogP contribution is 2.34. The molecule has 0 atom stereocenters. The van der Waals surface area contributed by atoms with E-state index in [2.05, 4.69) is 38.8 Å². The van der Waals surface area contributed by atoms with E-state index in [9.17, 15) is 28.8 Å². The summed E-state index contributed by atoms with van der Waals surface area (Å²) < 4.78 is 32.0. The fourth-order valence-electron chi connectivity index (χ4n) is 6.42. The van der Waals surface area contributed by atoms with Crippen LogP contribution < -0.4 is 31.9 Å². The van der Waals surface area contributed by atoms with Gasteiger partial charge < -0.3 is 60.3 Å². The van der Waals surface area contributed by atoms with Crippen molar-refractivity contribution in [1.82, 2.24) is 31.9 Å². The second kappa shape index (κ2) is 34.9. The summed E-state index contributed by atoms with van der Waals surface area (Å²) in [4.78, 5) is 72.2. The van der Waals surface area contributed by atoms with Crippen molar-refractivity contribution in [2.45, 2.75) is 202 Å². The third-order valence-corrected chi connectivity index (χ3v) is 9.60. The molecule has 0 saturated carbocycles. The van der Waals surface area contributed by atoms with Crippen molar-refractivity contribution in [2.75, 3.05) is 59.1 Å². The van der Waals surface area contributed by atoms with Crippen molar-refractivity contribution in [1.29, 1.82) is 0 Å². The van der Waals surface area contributed by atoms with E-state index in [4.69, 9.17) is 28.4 Å². The first-order chi connectivity index (χ1) is 30.5. The summed E-state index contributed by atoms with van der Waals surface area (Å²) in [5, 5.41) is 16.7. The third-order valence-electron chi connectivity index (χ3n) is 9.60. The van der Waals surface area contributed by atoms with E-state index >= 15 is 0 Å². The molecule has 380 valence electrons. The van der Waals surface area contributed by atoms with Crippen LogP contribution in [0.5, 0.6) is 0 Å². The molecule has 0 radical (unpaired) electrons. The number of hydrogen-bond acceptors (Lipinski definition) is 12. The Hall–Kier alpha value is -4.38. The van der Waals surface area contributed by atoms with Crippen LogP contribution in [-0.4, -0.2) is 112 Å². The number of hydrogen-bond donors (Lipinski definition) is 6. The van der Waals surface area contributed by atoms with E-state index in [1.807, 2.05) is 62.3 Å². The van der Waals surface area contributed by atoms with Crippen molar-refractivity contribution in [3.63, 3.8) is 0 Å². The number of amides is 6. The average molecular weight is 931 g/mol. The number of carbonyl (C=O) groups is 6. The first-order valence-electron chi connectivity index (χ1n) is 24.1. The molecule has 0 aliphatic rings. The smallest absolute Gasteiger partial charge is 0.407 e. The van der Waals surface area contributed by atoms with Gasteiger partial charge >= 0.3 is 36.6 Å². The van der Waals surface area contributed by atoms with Gasteiger partial charge in [-0.2, -0.15) is 0 Å². The summed E-state index contributed by atoms with van der Waals surface area (Å²) in [5.41, 5.74) is -1.75. The minimum Gasteiger partial charge on any atom is -0.450 e. The van der Waals surface area contributed by atoms with Crippen molar-refractivity contribution < 1.29 is 57.2 Å². The molecular formula is C47H90N6O12. The molecular weight excluding hydrogens is 841 g/mol. The Labute approximate surface area is 390 Å². The summed E-state index contributed by atoms with van der Waals surface area (Å²) in [6.07, 6.45) is 11.9. The highest BCUT2D eigenvalue weighted by atomic mass is 16.6. The van der Waals surface area contributed by atoms with Crippen molar-refractivity contribution in [3.8, 4) is 0 Å². The van der Waals surface area contributed by atoms with Crippen LogP contribution in [0.2, 0.25) is 0 Å². The zero-order chi connectivity index (χ0) is 49.0. The average Bonchev–Trinajstić information content (AvgIpc) is 3.18. The Balaban J connectivity index is 4.56. The molecule has 0 bridgehead atoms. The number of alkyl carbamates (subject to hydrolysis) is 6. The molecule has 0 fully saturated rings. The molecule has 0 aromatic heterocycles. The summed E-state index contributed by atoms with van der Waals surface area (Å²) in [6, 6.07) is 0. The second-order valence-corrected chi connectivity index (χ2v) is 19.8. The lowest BCUT2D eigenvalue weighted by Gasteiger charge is -2.30. The molecule has 0 aliphatic heterocycles. The van der Waals surface area contributed by atoms with E-state index in [0.29, 0.717) is 58.5 Å². The normalized spacial score (nSPS) is 11.7. The Bertz CT molecular complexity index is 1180. The number of nitrogens with one attached hydrogen (secondary N) is 6. The van der Waals surface area contributed by atoms with Crippen LogP contribution >= 0.6 is 0 Å². The first-order valence-corrected chi connectivity index (χ1v) is 24.1. The van der Waals surface area contributed by atoms with E-state index in [-0.39, 0.29) is 25.2 Å². The molecule has 18 heteroatoms. The molecule has 0 spiro atoms. The number of unbranched alkanes of at least 4 members (excludes halogenated alkanes) is 9. The zero-order valence-electron chi connectivity index (χ0n) is 42.0. The molecule has 18 nitrogen and oxygen atoms in total. The van der Waals surface area contributed by atoms with E-state index in [1.165, 1.54) is 0 Å². The Morgan fingerprint density at radius 2 is 0.492 bits per heavy atom. The van der Waals surface area contributed by atoms with Crippen molar-refractivity contribution >= 4 is 36.6 Å². The summed E-state index contributed by atoms with van der Waals surface area (Å²) in [6.45, 7) is 22.5. The number of rotatable bonds is 33. The van der Waals surface area contributed by atoms with Gasteiger partial charge in [-0.1, -0.05) is 45.4 Å². The largest absolute Gasteiger partial charge is 0.450 e. The van der Waals surface area contributed by atoms with Crippen molar-refractivity contribution in [3.05, 3.63) is 0 Å². The van der Waals surface area contributed by atoms with Gasteiger partial charge in [0.2, 0.25) is 0 Å². The minimum atomic E-state index is -0.527. The van der Waals surface area contributed by atoms with Gasteiger partial charge in [-0.15, -0.1) is 0 Å². The van der Waals surface area contributed by atoms with Crippen LogP contribution in [0.4, 0.5) is 28.8 Å². The van der Waals surface area contributed by atoms with Gasteiger partial charge in [-0.25, -0.2) is 28.8 Å². The quantitative estimate of drug-likeness (QED) is 0.0267. The lowest BCUT2D eigenvalue weighted by molar-refractivity contribution is 0.0515. The van der Waals surface area contributed by atoms with Gasteiger partial charge in [0, 0.05) is 39.3 Å². The molecule has 0 heterocycles. The van der Waals surface area contributed by atoms with Crippen LogP contribution in [0.3, 0.4) is 0 Å². The maximum absolute atomic E-state index is 12.3. The molecule has 0 saturated heterocycles. The predicted octanol–water partition coefficient (Wildman–Crippen LogP) is 9.77. The Morgan fingerprint density at radius 3 is 0.692 bits per heavy atom. The number of ether oxygens (including phenoxy) is 6. The second-order valence-electron chi connectivity index (χ2n) is 19.8. The van der Waals surface area contributed by atoms with Crippen LogP contribution in [-0.2, 0) is 28.4 Å². The molecule has 65 heavy (non-hydrogen) atoms. The Morgan fingerprint density at radius 1 is 0.292 bits per heavy atom. The molecule has 0 aromatic carbocycles. The summed E-state index contributed by atoms with van der Waals surface area (Å²) >= 11 is 0. The summed E-state index contributed by atoms with van der Waals surface area (Å²) in [7, 11) is 0. The van der Waals surface area contributed by atoms with Gasteiger partial charge in [0.15, 0.2) is 0 Å². The highest BCUT2D eigenvalue weighted by molar-refractivity contribution is 5.69. The van der Waals surface area contributed by atoms with E-state index in [0.717, 1.165) is 96.3 Å². The standard InChI is InChI=1S/C47H90N6O12/c1-44(2,3)63-41(57)51-32-20-14-11-17-29-48-38(54)60-35-23-26-47(10,27-24-36-61-39(55)49-30-18-12-15-21-33-52-42(58)64-45(4,5)6)28-25-37-62-40(56)50-31-19-13-16-22-34-53-43(59)65-46(7,8)9/h11-37H2,1-10H3,(H,48,54)(H,49,55)(H,50,56)(H,51,57)(H,52,58)(H,53,59). The van der Waals surface area contributed by atoms with Crippen LogP contribution in [0.25, 0.3) is 0 Å². The zero-order valence-corrected chi connectivity index (χ0v) is 42.0. The molecule has 0 aromatic rings. The SMILES string of the molecule is CC(CCCOC(=O)NCCCCCCNC(=O)OC(C)(C)C)(CCCOC(=O)NCCCCCCNC(=O)OC(C)(C)C)CCCOC(=O)NCCCCCCNC(=O)OC(C)(C)C. The van der Waals surface area contributed by atoms with Crippen LogP contribution in [0, 0.1) is 5.41 Å². The molecule has 0 unspecified atom stereocenters. The van der Waals surface area contributed by atoms with Crippen LogP contribution in [0.15, 0.2) is 0 Å². The fraction of sp³-hybridized carbons (Fsp3) is 0.872. The molecule has 0 aliphatic carbocycles. The fourth-order valence-corrected chi connectivity index (χ4v) is 6.42. The lowest BCUT2D eigenvalue weighted by atomic mass is 9.77. The van der Waals surface area contributed by atoms with Gasteiger partial charge in [0.05, 0.1) is 19.8 Å². The topological polar surface area (TPSA) is 230 Å². The van der Waals surface area contributed by atoms with E-state index < -0.39 is 53.4 Å². The monoisotopic (exact) mass is 931 g/mol. The third kappa shape index (κ3) is 43.3. The first kappa shape index (κ1) is 60.6. The maximum Gasteiger partial charge on any atom is 0.407 e. The Kier molecular flexibility index (Phi) is 32.5. The minimum absolute atomic E-state index is 0.172. The molecule has 6 amide bonds. The maximum atomic E-state index is 12.3. The predicted molar refractivity (Wildman–Crippen MR) is 252 cm³/mol. The molecule has 0 rings (SSSR count). The van der Waals surface area contributed by atoms with Gasteiger partial charge in [-0.05, 0) is 145 Å².